The van der Waals surface area contributed by atoms with Crippen molar-refractivity contribution >= 4 is 11.6 Å². The number of hydrogen-bond acceptors (Lipinski definition) is 2. The fourth-order valence-corrected chi connectivity index (χ4v) is 3.13. The molecular weight excluding hydrogens is 310 g/mol. The number of para-hydroxylation sites is 2. The van der Waals surface area contributed by atoms with Crippen LogP contribution in [0.25, 0.3) is 0 Å². The van der Waals surface area contributed by atoms with Gasteiger partial charge in [-0.1, -0.05) is 48.5 Å². The number of hydrogen-bond donors (Lipinski definition) is 0. The second kappa shape index (κ2) is 6.81. The lowest BCUT2D eigenvalue weighted by molar-refractivity contribution is 0.0989. The van der Waals surface area contributed by atoms with E-state index in [9.17, 15) is 4.79 Å². The standard InChI is InChI=1S/C22H19NO2/c24-22(23-15-14-18-6-4-5-9-21(18)23)19-12-10-17(11-13-19)16-25-20-7-2-1-3-8-20/h1-13H,14-16H2. The van der Waals surface area contributed by atoms with Crippen LogP contribution in [0, 0.1) is 0 Å². The third-order valence-electron chi connectivity index (χ3n) is 4.48. The molecule has 4 rings (SSSR count). The van der Waals surface area contributed by atoms with E-state index in [2.05, 4.69) is 6.07 Å². The van der Waals surface area contributed by atoms with Crippen molar-refractivity contribution in [2.45, 2.75) is 13.0 Å². The summed E-state index contributed by atoms with van der Waals surface area (Å²) in [7, 11) is 0. The van der Waals surface area contributed by atoms with E-state index in [0.29, 0.717) is 12.2 Å². The molecule has 0 radical (unpaired) electrons. The second-order valence-corrected chi connectivity index (χ2v) is 6.13. The van der Waals surface area contributed by atoms with E-state index in [1.807, 2.05) is 77.7 Å². The van der Waals surface area contributed by atoms with Gasteiger partial charge in [0.1, 0.15) is 12.4 Å². The van der Waals surface area contributed by atoms with Gasteiger partial charge in [0.2, 0.25) is 0 Å². The molecular formula is C22H19NO2. The van der Waals surface area contributed by atoms with Gasteiger partial charge in [-0.3, -0.25) is 4.79 Å². The molecule has 0 saturated heterocycles. The zero-order valence-corrected chi connectivity index (χ0v) is 13.9. The van der Waals surface area contributed by atoms with Gasteiger partial charge >= 0.3 is 0 Å². The van der Waals surface area contributed by atoms with Gasteiger partial charge in [-0.15, -0.1) is 0 Å². The van der Waals surface area contributed by atoms with Gasteiger partial charge in [0.15, 0.2) is 0 Å². The minimum absolute atomic E-state index is 0.0560. The molecule has 3 heteroatoms. The second-order valence-electron chi connectivity index (χ2n) is 6.13. The first kappa shape index (κ1) is 15.5. The normalized spacial score (nSPS) is 12.7. The van der Waals surface area contributed by atoms with Crippen molar-refractivity contribution < 1.29 is 9.53 Å². The summed E-state index contributed by atoms with van der Waals surface area (Å²) in [6.07, 6.45) is 0.922. The minimum Gasteiger partial charge on any atom is -0.489 e. The lowest BCUT2D eigenvalue weighted by atomic mass is 10.1. The van der Waals surface area contributed by atoms with Gasteiger partial charge in [-0.05, 0) is 47.9 Å². The number of nitrogens with zero attached hydrogens (tertiary/aromatic N) is 1. The lowest BCUT2D eigenvalue weighted by Gasteiger charge is -2.17. The summed E-state index contributed by atoms with van der Waals surface area (Å²) in [5.74, 6) is 0.900. The Kier molecular flexibility index (Phi) is 4.21. The fourth-order valence-electron chi connectivity index (χ4n) is 3.13. The number of amides is 1. The zero-order valence-electron chi connectivity index (χ0n) is 13.9. The molecule has 1 amide bonds. The number of rotatable bonds is 4. The molecule has 1 aliphatic rings. The van der Waals surface area contributed by atoms with Gasteiger partial charge in [0, 0.05) is 17.8 Å². The molecule has 25 heavy (non-hydrogen) atoms. The molecule has 0 fully saturated rings. The zero-order chi connectivity index (χ0) is 17.1. The average molecular weight is 329 g/mol. The van der Waals surface area contributed by atoms with Crippen LogP contribution in [0.4, 0.5) is 5.69 Å². The summed E-state index contributed by atoms with van der Waals surface area (Å²) >= 11 is 0. The number of benzene rings is 3. The Labute approximate surface area is 147 Å². The van der Waals surface area contributed by atoms with Crippen LogP contribution in [-0.4, -0.2) is 12.5 Å². The van der Waals surface area contributed by atoms with Gasteiger partial charge in [0.05, 0.1) is 0 Å². The summed E-state index contributed by atoms with van der Waals surface area (Å²) in [5, 5.41) is 0. The fraction of sp³-hybridized carbons (Fsp3) is 0.136. The van der Waals surface area contributed by atoms with Crippen molar-refractivity contribution in [2.24, 2.45) is 0 Å². The van der Waals surface area contributed by atoms with Crippen molar-refractivity contribution in [3.05, 3.63) is 95.6 Å². The topological polar surface area (TPSA) is 29.5 Å². The lowest BCUT2D eigenvalue weighted by Crippen LogP contribution is -2.28. The molecule has 0 spiro atoms. The highest BCUT2D eigenvalue weighted by Gasteiger charge is 2.24. The molecule has 0 bridgehead atoms. The van der Waals surface area contributed by atoms with Crippen LogP contribution in [0.1, 0.15) is 21.5 Å². The van der Waals surface area contributed by atoms with Crippen LogP contribution >= 0.6 is 0 Å². The number of carbonyl (C=O) groups excluding carboxylic acids is 1. The molecule has 0 aliphatic carbocycles. The summed E-state index contributed by atoms with van der Waals surface area (Å²) < 4.78 is 5.74. The Hall–Kier alpha value is -3.07. The number of fused-ring (bicyclic) bond motifs is 1. The number of ether oxygens (including phenoxy) is 1. The van der Waals surface area contributed by atoms with Crippen molar-refractivity contribution in [3.63, 3.8) is 0 Å². The summed E-state index contributed by atoms with van der Waals surface area (Å²) in [6, 6.07) is 25.5. The van der Waals surface area contributed by atoms with Crippen molar-refractivity contribution in [3.8, 4) is 5.75 Å². The van der Waals surface area contributed by atoms with Crippen molar-refractivity contribution in [1.82, 2.24) is 0 Å². The smallest absolute Gasteiger partial charge is 0.258 e. The number of carbonyl (C=O) groups is 1. The first-order valence-corrected chi connectivity index (χ1v) is 8.48. The van der Waals surface area contributed by atoms with E-state index >= 15 is 0 Å². The molecule has 0 unspecified atom stereocenters. The minimum atomic E-state index is 0.0560. The molecule has 1 aliphatic heterocycles. The SMILES string of the molecule is O=C(c1ccc(COc2ccccc2)cc1)N1CCc2ccccc21. The first-order valence-electron chi connectivity index (χ1n) is 8.48. The van der Waals surface area contributed by atoms with Crippen LogP contribution in [0.15, 0.2) is 78.9 Å². The maximum atomic E-state index is 12.8. The van der Waals surface area contributed by atoms with E-state index in [1.54, 1.807) is 0 Å². The van der Waals surface area contributed by atoms with Gasteiger partial charge in [0.25, 0.3) is 5.91 Å². The third kappa shape index (κ3) is 3.26. The van der Waals surface area contributed by atoms with Crippen LogP contribution in [0.5, 0.6) is 5.75 Å². The Morgan fingerprint density at radius 3 is 2.40 bits per heavy atom. The van der Waals surface area contributed by atoms with E-state index in [0.717, 1.165) is 30.0 Å². The molecule has 0 aromatic heterocycles. The predicted molar refractivity (Wildman–Crippen MR) is 99.0 cm³/mol. The molecule has 0 atom stereocenters. The summed E-state index contributed by atoms with van der Waals surface area (Å²) in [4.78, 5) is 14.7. The molecule has 3 nitrogen and oxygen atoms in total. The maximum absolute atomic E-state index is 12.8. The predicted octanol–water partition coefficient (Wildman–Crippen LogP) is 4.47. The largest absolute Gasteiger partial charge is 0.489 e. The Morgan fingerprint density at radius 1 is 0.880 bits per heavy atom. The number of anilines is 1. The van der Waals surface area contributed by atoms with Crippen LogP contribution in [-0.2, 0) is 13.0 Å². The first-order chi connectivity index (χ1) is 12.3. The maximum Gasteiger partial charge on any atom is 0.258 e. The Morgan fingerprint density at radius 2 is 1.60 bits per heavy atom. The highest BCUT2D eigenvalue weighted by atomic mass is 16.5. The van der Waals surface area contributed by atoms with E-state index in [1.165, 1.54) is 5.56 Å². The molecule has 0 saturated carbocycles. The van der Waals surface area contributed by atoms with E-state index < -0.39 is 0 Å². The Balaban J connectivity index is 1.44. The molecule has 0 N–H and O–H groups in total. The Bertz CT molecular complexity index is 872. The van der Waals surface area contributed by atoms with Crippen molar-refractivity contribution in [2.75, 3.05) is 11.4 Å². The molecule has 3 aromatic carbocycles. The monoisotopic (exact) mass is 329 g/mol. The van der Waals surface area contributed by atoms with Gasteiger partial charge < -0.3 is 9.64 Å². The molecule has 124 valence electrons. The average Bonchev–Trinajstić information content (AvgIpc) is 3.11. The van der Waals surface area contributed by atoms with Gasteiger partial charge in [-0.25, -0.2) is 0 Å². The van der Waals surface area contributed by atoms with E-state index in [4.69, 9.17) is 4.74 Å². The summed E-state index contributed by atoms with van der Waals surface area (Å²) in [6.45, 7) is 1.24. The quantitative estimate of drug-likeness (QED) is 0.707. The van der Waals surface area contributed by atoms with Crippen LogP contribution < -0.4 is 9.64 Å². The van der Waals surface area contributed by atoms with Crippen LogP contribution in [0.2, 0.25) is 0 Å². The van der Waals surface area contributed by atoms with Gasteiger partial charge in [-0.2, -0.15) is 0 Å². The highest BCUT2D eigenvalue weighted by Crippen LogP contribution is 2.28. The molecule has 1 heterocycles. The summed E-state index contributed by atoms with van der Waals surface area (Å²) in [5.41, 5.74) is 4.02. The van der Waals surface area contributed by atoms with Crippen LogP contribution in [0.3, 0.4) is 0 Å². The van der Waals surface area contributed by atoms with E-state index in [-0.39, 0.29) is 5.91 Å². The molecule has 3 aromatic rings. The highest BCUT2D eigenvalue weighted by molar-refractivity contribution is 6.07. The van der Waals surface area contributed by atoms with Crippen molar-refractivity contribution in [1.29, 1.82) is 0 Å². The third-order valence-corrected chi connectivity index (χ3v) is 4.48.